The molecule has 0 saturated heterocycles. The van der Waals surface area contributed by atoms with Crippen LogP contribution in [0.3, 0.4) is 0 Å². The van der Waals surface area contributed by atoms with Crippen LogP contribution >= 0.6 is 0 Å². The molecule has 0 aromatic heterocycles. The molecule has 36 heavy (non-hydrogen) atoms. The molecule has 0 spiro atoms. The summed E-state index contributed by atoms with van der Waals surface area (Å²) in [6.07, 6.45) is 34.6. The molecule has 0 aromatic rings. The molecule has 0 aliphatic heterocycles. The van der Waals surface area contributed by atoms with Crippen molar-refractivity contribution < 1.29 is 61.5 Å². The summed E-state index contributed by atoms with van der Waals surface area (Å²) in [5.74, 6) is 0. The predicted octanol–water partition coefficient (Wildman–Crippen LogP) is 7.95. The molecule has 0 amide bonds. The summed E-state index contributed by atoms with van der Waals surface area (Å²) in [6, 6.07) is 0. The van der Waals surface area contributed by atoms with Gasteiger partial charge in [0.15, 0.2) is 0 Å². The van der Waals surface area contributed by atoms with Gasteiger partial charge in [-0.3, -0.25) is 0 Å². The Kier molecular flexibility index (Phi) is 39.1. The van der Waals surface area contributed by atoms with Gasteiger partial charge in [-0.1, -0.05) is 0 Å². The van der Waals surface area contributed by atoms with E-state index in [-0.39, 0.29) is 24.0 Å². The Labute approximate surface area is 268 Å². The second-order valence-electron chi connectivity index (χ2n) is 11.1. The Hall–Kier alpha value is 2.00. The third-order valence-corrected chi connectivity index (χ3v) is 12.1. The summed E-state index contributed by atoms with van der Waals surface area (Å²) in [7, 11) is 0. The molecular weight excluding hydrogens is 684 g/mol. The average molecular weight is 752 g/mol. The SMILES string of the molecule is CCCCCCCC[N](CCCCCCCC)[Nd+][N](CCCCCCCC)CCCCCCCC.[I-]. The Morgan fingerprint density at radius 2 is 0.500 bits per heavy atom. The minimum Gasteiger partial charge on any atom is -1.00 e. The standard InChI is InChI=1S/2C16H34N.HI.Nd/c2*1-3-5-7-9-11-13-15-17-16-14-12-10-8-6-4-2;;/h2*3-16H2,1-2H3;1H;/q2*-1;;+3/p-1. The van der Waals surface area contributed by atoms with E-state index in [0.717, 1.165) is 0 Å². The molecule has 0 saturated carbocycles. The first-order valence-electron chi connectivity index (χ1n) is 16.5. The number of rotatable bonds is 30. The number of unbranched alkanes of at least 4 members (excludes halogenated alkanes) is 20. The van der Waals surface area contributed by atoms with Crippen LogP contribution in [0.4, 0.5) is 0 Å². The van der Waals surface area contributed by atoms with Gasteiger partial charge in [-0.2, -0.15) is 0 Å². The molecule has 0 aromatic carbocycles. The van der Waals surface area contributed by atoms with Gasteiger partial charge < -0.3 is 24.0 Å². The predicted molar refractivity (Wildman–Crippen MR) is 157 cm³/mol. The summed E-state index contributed by atoms with van der Waals surface area (Å²) >= 11 is -0.869. The molecule has 0 aliphatic carbocycles. The van der Waals surface area contributed by atoms with Crippen LogP contribution in [-0.2, 0) is 0 Å². The zero-order valence-corrected chi connectivity index (χ0v) is 30.9. The average Bonchev–Trinajstić information content (AvgIpc) is 2.87. The van der Waals surface area contributed by atoms with Gasteiger partial charge in [-0.05, 0) is 0 Å². The summed E-state index contributed by atoms with van der Waals surface area (Å²) in [5, 5.41) is 0. The van der Waals surface area contributed by atoms with Gasteiger partial charge in [0.1, 0.15) is 0 Å². The van der Waals surface area contributed by atoms with Crippen molar-refractivity contribution in [3.05, 3.63) is 0 Å². The minimum absolute atomic E-state index is 0. The number of hydrogen-bond donors (Lipinski definition) is 0. The van der Waals surface area contributed by atoms with E-state index in [1.54, 1.807) is 0 Å². The van der Waals surface area contributed by atoms with Crippen molar-refractivity contribution >= 4 is 0 Å². The molecule has 0 rings (SSSR count). The fourth-order valence-corrected chi connectivity index (χ4v) is 9.55. The van der Waals surface area contributed by atoms with E-state index in [4.69, 9.17) is 0 Å². The van der Waals surface area contributed by atoms with Crippen LogP contribution < -0.4 is 24.0 Å². The van der Waals surface area contributed by atoms with Crippen LogP contribution in [0.1, 0.15) is 182 Å². The molecule has 217 valence electrons. The minimum atomic E-state index is -0.869. The first-order chi connectivity index (χ1) is 17.3. The molecule has 2 nitrogen and oxygen atoms in total. The third kappa shape index (κ3) is 30.5. The van der Waals surface area contributed by atoms with Crippen molar-refractivity contribution in [1.29, 1.82) is 0 Å². The Morgan fingerprint density at radius 3 is 0.722 bits per heavy atom. The van der Waals surface area contributed by atoms with Crippen LogP contribution in [0.25, 0.3) is 0 Å². The summed E-state index contributed by atoms with van der Waals surface area (Å²) in [6.45, 7) is 15.0. The third-order valence-electron chi connectivity index (χ3n) is 7.41. The zero-order chi connectivity index (χ0) is 25.7. The van der Waals surface area contributed by atoms with Crippen LogP contribution in [0, 0.1) is 37.5 Å². The molecule has 0 aliphatic rings. The second-order valence-corrected chi connectivity index (χ2v) is 15.8. The van der Waals surface area contributed by atoms with Crippen molar-refractivity contribution in [3.63, 3.8) is 0 Å². The quantitative estimate of drug-likeness (QED) is 0.0544. The van der Waals surface area contributed by atoms with E-state index in [0.29, 0.717) is 0 Å². The maximum atomic E-state index is 3.04. The van der Waals surface area contributed by atoms with E-state index in [9.17, 15) is 0 Å². The molecule has 4 heteroatoms. The van der Waals surface area contributed by atoms with Crippen LogP contribution in [0.5, 0.6) is 0 Å². The van der Waals surface area contributed by atoms with Crippen molar-refractivity contribution in [2.24, 2.45) is 0 Å². The van der Waals surface area contributed by atoms with Crippen LogP contribution in [-0.4, -0.2) is 28.1 Å². The summed E-state index contributed by atoms with van der Waals surface area (Å²) in [5.41, 5.74) is 0. The summed E-state index contributed by atoms with van der Waals surface area (Å²) in [4.78, 5) is 0. The fraction of sp³-hybridized carbons (Fsp3) is 1.00. The number of nitrogens with zero attached hydrogens (tertiary/aromatic N) is 2. The molecule has 0 unspecified atom stereocenters. The van der Waals surface area contributed by atoms with Crippen molar-refractivity contribution in [3.8, 4) is 0 Å². The molecule has 0 heterocycles. The zero-order valence-electron chi connectivity index (χ0n) is 25.6. The van der Waals surface area contributed by atoms with Gasteiger partial charge in [0.05, 0.1) is 0 Å². The smallest absolute Gasteiger partial charge is 1.00 e. The van der Waals surface area contributed by atoms with Crippen LogP contribution in [0.15, 0.2) is 0 Å². The van der Waals surface area contributed by atoms with E-state index >= 15 is 0 Å². The van der Waals surface area contributed by atoms with Crippen LogP contribution in [0.2, 0.25) is 0 Å². The maximum absolute atomic E-state index is 3.04. The van der Waals surface area contributed by atoms with Gasteiger partial charge in [0.25, 0.3) is 0 Å². The number of halogens is 1. The van der Waals surface area contributed by atoms with Gasteiger partial charge in [-0.25, -0.2) is 0 Å². The number of hydrogen-bond acceptors (Lipinski definition) is 2. The molecule has 0 fully saturated rings. The molecule has 0 radical (unpaired) electrons. The van der Waals surface area contributed by atoms with E-state index in [1.807, 2.05) is 0 Å². The topological polar surface area (TPSA) is 6.48 Å². The van der Waals surface area contributed by atoms with Crippen molar-refractivity contribution in [2.45, 2.75) is 182 Å². The Morgan fingerprint density at radius 1 is 0.306 bits per heavy atom. The van der Waals surface area contributed by atoms with Gasteiger partial charge in [-0.15, -0.1) is 0 Å². The largest absolute Gasteiger partial charge is 1.00 e. The fourth-order valence-electron chi connectivity index (χ4n) is 4.96. The molecule has 0 atom stereocenters. The van der Waals surface area contributed by atoms with Gasteiger partial charge in [0.2, 0.25) is 0 Å². The molecular formula is C32H68IN2Nd. The van der Waals surface area contributed by atoms with Gasteiger partial charge >= 0.3 is 247 Å². The van der Waals surface area contributed by atoms with Gasteiger partial charge in [0, 0.05) is 0 Å². The Balaban J connectivity index is 0. The summed E-state index contributed by atoms with van der Waals surface area (Å²) < 4.78 is 6.07. The maximum Gasteiger partial charge on any atom is -1.00 e. The van der Waals surface area contributed by atoms with E-state index < -0.39 is 37.5 Å². The molecule has 0 bridgehead atoms. The van der Waals surface area contributed by atoms with E-state index in [1.165, 1.54) is 180 Å². The monoisotopic (exact) mass is 749 g/mol. The molecule has 0 N–H and O–H groups in total. The normalized spacial score (nSPS) is 11.3. The Bertz CT molecular complexity index is 317. The van der Waals surface area contributed by atoms with E-state index in [2.05, 4.69) is 29.7 Å². The second kappa shape index (κ2) is 35.0. The van der Waals surface area contributed by atoms with Crippen molar-refractivity contribution in [2.75, 3.05) is 26.2 Å². The van der Waals surface area contributed by atoms with Crippen molar-refractivity contribution in [1.82, 2.24) is 1.97 Å². The first kappa shape index (κ1) is 40.1. The first-order valence-corrected chi connectivity index (χ1v) is 19.4.